The van der Waals surface area contributed by atoms with Gasteiger partial charge in [-0.2, -0.15) is 0 Å². The number of carbonyl (C=O) groups is 4. The molecular weight excluding hydrogens is 300 g/mol. The zero-order valence-electron chi connectivity index (χ0n) is 14.3. The fraction of sp³-hybridized carbons (Fsp3) is 0.733. The van der Waals surface area contributed by atoms with Crippen molar-refractivity contribution in [1.29, 1.82) is 0 Å². The second-order valence-electron chi connectivity index (χ2n) is 5.73. The maximum atomic E-state index is 12.0. The van der Waals surface area contributed by atoms with Crippen LogP contribution in [0.4, 0.5) is 0 Å². The molecule has 2 atom stereocenters. The smallest absolute Gasteiger partial charge is 0.234 e. The number of nitrogens with one attached hydrogen (secondary N) is 3. The van der Waals surface area contributed by atoms with E-state index in [0.717, 1.165) is 0 Å². The molecule has 5 N–H and O–H groups in total. The van der Waals surface area contributed by atoms with Crippen LogP contribution >= 0.6 is 0 Å². The molecule has 0 aromatic carbocycles. The maximum absolute atomic E-state index is 12.0. The number of hydrogen-bond donors (Lipinski definition) is 4. The Morgan fingerprint density at radius 3 is 2.09 bits per heavy atom. The van der Waals surface area contributed by atoms with Gasteiger partial charge in [0.1, 0.15) is 0 Å². The predicted molar refractivity (Wildman–Crippen MR) is 86.4 cm³/mol. The largest absolute Gasteiger partial charge is 0.368 e. The van der Waals surface area contributed by atoms with Crippen molar-refractivity contribution < 1.29 is 19.2 Å². The van der Waals surface area contributed by atoms with Gasteiger partial charge in [-0.3, -0.25) is 19.2 Å². The second kappa shape index (κ2) is 10.7. The normalized spacial score (nSPS) is 13.3. The van der Waals surface area contributed by atoms with E-state index in [1.165, 1.54) is 6.92 Å². The highest BCUT2D eigenvalue weighted by atomic mass is 16.2. The third-order valence-electron chi connectivity index (χ3n) is 3.40. The Kier molecular flexibility index (Phi) is 9.80. The third kappa shape index (κ3) is 8.92. The van der Waals surface area contributed by atoms with Gasteiger partial charge in [0.25, 0.3) is 0 Å². The molecule has 8 nitrogen and oxygen atoms in total. The molecule has 3 amide bonds. The maximum Gasteiger partial charge on any atom is 0.234 e. The Balaban J connectivity index is 4.29. The van der Waals surface area contributed by atoms with E-state index in [-0.39, 0.29) is 36.4 Å². The van der Waals surface area contributed by atoms with E-state index >= 15 is 0 Å². The molecular formula is C15H28N4O4. The van der Waals surface area contributed by atoms with Gasteiger partial charge in [0, 0.05) is 25.8 Å². The van der Waals surface area contributed by atoms with Crippen molar-refractivity contribution in [2.24, 2.45) is 11.7 Å². The zero-order valence-corrected chi connectivity index (χ0v) is 14.3. The first-order valence-electron chi connectivity index (χ1n) is 7.73. The minimum absolute atomic E-state index is 0.100. The Bertz CT molecular complexity index is 437. The Morgan fingerprint density at radius 2 is 1.65 bits per heavy atom. The van der Waals surface area contributed by atoms with Crippen LogP contribution in [0, 0.1) is 5.92 Å². The molecule has 8 heteroatoms. The number of nitrogens with two attached hydrogens (primary N) is 1. The summed E-state index contributed by atoms with van der Waals surface area (Å²) in [7, 11) is 1.62. The highest BCUT2D eigenvalue weighted by Crippen LogP contribution is 2.06. The van der Waals surface area contributed by atoms with Crippen LogP contribution in [-0.2, 0) is 19.2 Å². The van der Waals surface area contributed by atoms with Gasteiger partial charge < -0.3 is 21.7 Å². The number of Topliss-reactive ketones (excluding diaryl/α,β-unsaturated/α-hetero) is 1. The molecule has 0 aliphatic carbocycles. The molecule has 132 valence electrons. The average molecular weight is 328 g/mol. The lowest BCUT2D eigenvalue weighted by Gasteiger charge is -2.18. The van der Waals surface area contributed by atoms with Gasteiger partial charge in [-0.25, -0.2) is 0 Å². The molecule has 0 aliphatic rings. The van der Waals surface area contributed by atoms with E-state index in [0.29, 0.717) is 13.0 Å². The summed E-state index contributed by atoms with van der Waals surface area (Å²) >= 11 is 0. The predicted octanol–water partition coefficient (Wildman–Crippen LogP) is -0.924. The zero-order chi connectivity index (χ0) is 18.0. The van der Waals surface area contributed by atoms with Crippen LogP contribution in [0.2, 0.25) is 0 Å². The summed E-state index contributed by atoms with van der Waals surface area (Å²) in [5.41, 5.74) is 5.18. The molecule has 0 spiro atoms. The molecule has 2 unspecified atom stereocenters. The minimum atomic E-state index is -0.658. The van der Waals surface area contributed by atoms with Crippen LogP contribution in [0.5, 0.6) is 0 Å². The molecule has 0 saturated heterocycles. The first kappa shape index (κ1) is 21.0. The molecule has 0 radical (unpaired) electrons. The monoisotopic (exact) mass is 328 g/mol. The van der Waals surface area contributed by atoms with E-state index in [4.69, 9.17) is 5.73 Å². The lowest BCUT2D eigenvalue weighted by molar-refractivity contribution is -0.129. The lowest BCUT2D eigenvalue weighted by Crippen LogP contribution is -2.43. The van der Waals surface area contributed by atoms with Crippen LogP contribution in [0.15, 0.2) is 0 Å². The molecule has 0 fully saturated rings. The lowest BCUT2D eigenvalue weighted by atomic mass is 9.97. The highest BCUT2D eigenvalue weighted by molar-refractivity contribution is 5.90. The Hall–Kier alpha value is -1.96. The van der Waals surface area contributed by atoms with E-state index in [1.54, 1.807) is 20.9 Å². The van der Waals surface area contributed by atoms with Gasteiger partial charge in [-0.05, 0) is 19.9 Å². The van der Waals surface area contributed by atoms with Crippen LogP contribution in [-0.4, -0.2) is 49.2 Å². The summed E-state index contributed by atoms with van der Waals surface area (Å²) in [4.78, 5) is 46.0. The van der Waals surface area contributed by atoms with Gasteiger partial charge in [-0.15, -0.1) is 0 Å². The van der Waals surface area contributed by atoms with Crippen molar-refractivity contribution in [1.82, 2.24) is 16.0 Å². The summed E-state index contributed by atoms with van der Waals surface area (Å²) < 4.78 is 0. The highest BCUT2D eigenvalue weighted by Gasteiger charge is 2.22. The number of ketones is 1. The molecule has 0 aliphatic heterocycles. The number of primary amides is 1. The number of hydrogen-bond acceptors (Lipinski definition) is 5. The second-order valence-corrected chi connectivity index (χ2v) is 5.73. The van der Waals surface area contributed by atoms with E-state index < -0.39 is 18.0 Å². The minimum Gasteiger partial charge on any atom is -0.368 e. The van der Waals surface area contributed by atoms with Gasteiger partial charge in [0.2, 0.25) is 17.7 Å². The number of amides is 3. The Labute approximate surface area is 136 Å². The number of carbonyl (C=O) groups excluding carboxylic acids is 4. The first-order chi connectivity index (χ1) is 10.7. The summed E-state index contributed by atoms with van der Waals surface area (Å²) in [6, 6.07) is -1.15. The summed E-state index contributed by atoms with van der Waals surface area (Å²) in [5.74, 6) is -1.34. The van der Waals surface area contributed by atoms with Crippen molar-refractivity contribution >= 4 is 23.5 Å². The number of rotatable bonds is 11. The van der Waals surface area contributed by atoms with E-state index in [9.17, 15) is 19.2 Å². The van der Waals surface area contributed by atoms with Crippen molar-refractivity contribution in [3.8, 4) is 0 Å². The average Bonchev–Trinajstić information content (AvgIpc) is 2.46. The van der Waals surface area contributed by atoms with Gasteiger partial charge in [0.05, 0.1) is 12.1 Å². The summed E-state index contributed by atoms with van der Waals surface area (Å²) in [6.07, 6.45) is 0.746. The molecule has 0 aromatic heterocycles. The third-order valence-corrected chi connectivity index (χ3v) is 3.40. The van der Waals surface area contributed by atoms with Gasteiger partial charge >= 0.3 is 0 Å². The molecule has 0 aromatic rings. The topological polar surface area (TPSA) is 130 Å². The first-order valence-corrected chi connectivity index (χ1v) is 7.73. The van der Waals surface area contributed by atoms with Gasteiger partial charge in [-0.1, -0.05) is 13.8 Å². The van der Waals surface area contributed by atoms with Crippen LogP contribution in [0.25, 0.3) is 0 Å². The van der Waals surface area contributed by atoms with Crippen molar-refractivity contribution in [3.05, 3.63) is 0 Å². The van der Waals surface area contributed by atoms with Crippen molar-refractivity contribution in [3.63, 3.8) is 0 Å². The van der Waals surface area contributed by atoms with Crippen LogP contribution < -0.4 is 21.7 Å². The molecule has 0 rings (SSSR count). The van der Waals surface area contributed by atoms with Crippen molar-refractivity contribution in [2.45, 2.75) is 52.1 Å². The fourth-order valence-electron chi connectivity index (χ4n) is 2.08. The van der Waals surface area contributed by atoms with Crippen molar-refractivity contribution in [2.75, 3.05) is 13.6 Å². The molecule has 23 heavy (non-hydrogen) atoms. The standard InChI is InChI=1S/C15H28N4O4/c1-9(2)14(22)11(19-10(3)20)5-6-13(21)18-8-7-12(17-4)15(16)23/h9,11-12,17H,5-8H2,1-4H3,(H2,16,23)(H,18,21)(H,19,20). The van der Waals surface area contributed by atoms with E-state index in [1.807, 2.05) is 0 Å². The summed E-state index contributed by atoms with van der Waals surface area (Å²) in [5, 5.41) is 8.00. The molecule has 0 heterocycles. The van der Waals surface area contributed by atoms with Crippen LogP contribution in [0.3, 0.4) is 0 Å². The SMILES string of the molecule is CNC(CCNC(=O)CCC(NC(C)=O)C(=O)C(C)C)C(N)=O. The quantitative estimate of drug-likeness (QED) is 0.389. The Morgan fingerprint density at radius 1 is 1.04 bits per heavy atom. The molecule has 0 bridgehead atoms. The number of likely N-dealkylation sites (N-methyl/N-ethyl adjacent to an activating group) is 1. The summed E-state index contributed by atoms with van der Waals surface area (Å²) in [6.45, 7) is 5.14. The fourth-order valence-corrected chi connectivity index (χ4v) is 2.08. The molecule has 0 saturated carbocycles. The van der Waals surface area contributed by atoms with E-state index in [2.05, 4.69) is 16.0 Å². The van der Waals surface area contributed by atoms with Crippen LogP contribution in [0.1, 0.15) is 40.0 Å². The van der Waals surface area contributed by atoms with Gasteiger partial charge in [0.15, 0.2) is 5.78 Å².